The summed E-state index contributed by atoms with van der Waals surface area (Å²) in [6.45, 7) is 1.66. The Morgan fingerprint density at radius 2 is 1.95 bits per heavy atom. The molecule has 1 aromatic carbocycles. The van der Waals surface area contributed by atoms with Crippen LogP contribution in [0.5, 0.6) is 5.75 Å². The van der Waals surface area contributed by atoms with Crippen LogP contribution in [0, 0.1) is 17.8 Å². The summed E-state index contributed by atoms with van der Waals surface area (Å²) in [6, 6.07) is 0.665. The molecule has 38 heavy (non-hydrogen) atoms. The SMILES string of the molecule is CN1CC2CCNC2c2cc(O)c3c(c21)C[C@@H]1C[C@@H]2[C@@H](N(C)C)C(O)=C(C(N)=O)C(=O)[C@@]2(O)C(O)=C1C3=O. The van der Waals surface area contributed by atoms with Gasteiger partial charge < -0.3 is 36.4 Å². The van der Waals surface area contributed by atoms with Gasteiger partial charge in [-0.3, -0.25) is 19.3 Å². The molecule has 0 aromatic heterocycles. The van der Waals surface area contributed by atoms with Gasteiger partial charge in [-0.2, -0.15) is 0 Å². The smallest absolute Gasteiger partial charge is 0.255 e. The lowest BCUT2D eigenvalue weighted by molar-refractivity contribution is -0.148. The molecule has 3 aliphatic carbocycles. The van der Waals surface area contributed by atoms with Gasteiger partial charge in [0.15, 0.2) is 11.4 Å². The summed E-state index contributed by atoms with van der Waals surface area (Å²) in [5.41, 5.74) is 4.33. The van der Waals surface area contributed by atoms with E-state index in [0.717, 1.165) is 30.8 Å². The Kier molecular flexibility index (Phi) is 5.27. The molecule has 1 amide bonds. The predicted octanol–water partition coefficient (Wildman–Crippen LogP) is 0.221. The molecule has 2 heterocycles. The van der Waals surface area contributed by atoms with Crippen molar-refractivity contribution in [1.29, 1.82) is 0 Å². The summed E-state index contributed by atoms with van der Waals surface area (Å²) in [4.78, 5) is 43.1. The molecule has 1 fully saturated rings. The number of rotatable bonds is 2. The van der Waals surface area contributed by atoms with E-state index in [4.69, 9.17) is 5.73 Å². The van der Waals surface area contributed by atoms with E-state index >= 15 is 0 Å². The fourth-order valence-corrected chi connectivity index (χ4v) is 7.79. The number of allylic oxidation sites excluding steroid dienone is 1. The molecule has 0 saturated carbocycles. The number of fused-ring (bicyclic) bond motifs is 7. The summed E-state index contributed by atoms with van der Waals surface area (Å²) < 4.78 is 0. The third kappa shape index (κ3) is 2.97. The predicted molar refractivity (Wildman–Crippen MR) is 136 cm³/mol. The molecule has 7 N–H and O–H groups in total. The lowest BCUT2D eigenvalue weighted by Crippen LogP contribution is -2.63. The monoisotopic (exact) mass is 524 g/mol. The van der Waals surface area contributed by atoms with E-state index in [-0.39, 0.29) is 35.8 Å². The summed E-state index contributed by atoms with van der Waals surface area (Å²) in [7, 11) is 5.19. The van der Waals surface area contributed by atoms with Crippen molar-refractivity contribution >= 4 is 23.2 Å². The fourth-order valence-electron chi connectivity index (χ4n) is 7.79. The van der Waals surface area contributed by atoms with E-state index in [9.17, 15) is 34.8 Å². The van der Waals surface area contributed by atoms with Crippen LogP contribution in [0.2, 0.25) is 0 Å². The highest BCUT2D eigenvalue weighted by Crippen LogP contribution is 2.55. The third-order valence-electron chi connectivity index (χ3n) is 9.30. The topological polar surface area (TPSA) is 177 Å². The number of anilines is 1. The highest BCUT2D eigenvalue weighted by atomic mass is 16.3. The van der Waals surface area contributed by atoms with Crippen molar-refractivity contribution in [2.75, 3.05) is 39.1 Å². The van der Waals surface area contributed by atoms with Gasteiger partial charge in [0.25, 0.3) is 5.91 Å². The number of Topliss-reactive ketones (excluding diaryl/α,β-unsaturated/α-hetero) is 2. The van der Waals surface area contributed by atoms with Crippen molar-refractivity contribution in [2.45, 2.75) is 36.9 Å². The number of aliphatic hydroxyl groups is 3. The van der Waals surface area contributed by atoms with Gasteiger partial charge in [-0.1, -0.05) is 0 Å². The molecule has 6 rings (SSSR count). The van der Waals surface area contributed by atoms with Crippen LogP contribution in [-0.2, 0) is 16.0 Å². The number of aliphatic hydroxyl groups excluding tert-OH is 2. The molecule has 6 atom stereocenters. The number of nitrogens with zero attached hydrogens (tertiary/aromatic N) is 2. The molecule has 2 unspecified atom stereocenters. The highest BCUT2D eigenvalue weighted by Gasteiger charge is 2.63. The van der Waals surface area contributed by atoms with Gasteiger partial charge in [0, 0.05) is 36.8 Å². The lowest BCUT2D eigenvalue weighted by atomic mass is 9.58. The maximum absolute atomic E-state index is 13.9. The van der Waals surface area contributed by atoms with Crippen molar-refractivity contribution in [3.8, 4) is 5.75 Å². The van der Waals surface area contributed by atoms with Gasteiger partial charge in [0.1, 0.15) is 22.8 Å². The van der Waals surface area contributed by atoms with Crippen molar-refractivity contribution < 1.29 is 34.8 Å². The molecule has 1 saturated heterocycles. The first kappa shape index (κ1) is 24.9. The van der Waals surface area contributed by atoms with Gasteiger partial charge in [0.05, 0.1) is 11.6 Å². The molecular weight excluding hydrogens is 492 g/mol. The third-order valence-corrected chi connectivity index (χ3v) is 9.30. The minimum absolute atomic E-state index is 0.0489. The van der Waals surface area contributed by atoms with Gasteiger partial charge >= 0.3 is 0 Å². The zero-order valence-electron chi connectivity index (χ0n) is 21.5. The van der Waals surface area contributed by atoms with Gasteiger partial charge in [-0.15, -0.1) is 0 Å². The molecule has 11 heteroatoms. The van der Waals surface area contributed by atoms with Crippen LogP contribution in [0.4, 0.5) is 5.69 Å². The van der Waals surface area contributed by atoms with Crippen LogP contribution >= 0.6 is 0 Å². The largest absolute Gasteiger partial charge is 0.510 e. The fraction of sp³-hybridized carbons (Fsp3) is 0.519. The van der Waals surface area contributed by atoms with E-state index in [1.165, 1.54) is 0 Å². The Labute approximate surface area is 219 Å². The second kappa shape index (κ2) is 8.05. The van der Waals surface area contributed by atoms with Crippen LogP contribution in [0.15, 0.2) is 28.7 Å². The average Bonchev–Trinajstić information content (AvgIpc) is 3.29. The molecule has 5 aliphatic rings. The Morgan fingerprint density at radius 1 is 1.24 bits per heavy atom. The molecule has 0 radical (unpaired) electrons. The number of hydrogen-bond donors (Lipinski definition) is 6. The number of hydrogen-bond acceptors (Lipinski definition) is 10. The maximum Gasteiger partial charge on any atom is 0.255 e. The summed E-state index contributed by atoms with van der Waals surface area (Å²) in [6.07, 6.45) is 1.37. The molecule has 1 aromatic rings. The van der Waals surface area contributed by atoms with Crippen LogP contribution < -0.4 is 16.0 Å². The Bertz CT molecular complexity index is 1380. The Hall–Kier alpha value is -3.41. The van der Waals surface area contributed by atoms with E-state index < -0.39 is 58.0 Å². The van der Waals surface area contributed by atoms with E-state index in [2.05, 4.69) is 10.2 Å². The average molecular weight is 525 g/mol. The molecule has 0 bridgehead atoms. The maximum atomic E-state index is 13.9. The number of nitrogens with one attached hydrogen (secondary N) is 1. The van der Waals surface area contributed by atoms with Crippen molar-refractivity contribution in [3.63, 3.8) is 0 Å². The number of ketones is 2. The summed E-state index contributed by atoms with van der Waals surface area (Å²) in [5.74, 6) is -6.01. The number of phenolic OH excluding ortho intramolecular Hbond substituents is 1. The summed E-state index contributed by atoms with van der Waals surface area (Å²) >= 11 is 0. The van der Waals surface area contributed by atoms with Gasteiger partial charge in [0.2, 0.25) is 5.78 Å². The minimum atomic E-state index is -2.63. The van der Waals surface area contributed by atoms with Crippen LogP contribution in [0.25, 0.3) is 0 Å². The molecule has 11 nitrogen and oxygen atoms in total. The number of benzene rings is 1. The molecule has 202 valence electrons. The van der Waals surface area contributed by atoms with E-state index in [1.807, 2.05) is 7.05 Å². The molecule has 0 spiro atoms. The van der Waals surface area contributed by atoms with Gasteiger partial charge in [-0.25, -0.2) is 0 Å². The first-order valence-electron chi connectivity index (χ1n) is 12.9. The number of carbonyl (C=O) groups excluding carboxylic acids is 3. The van der Waals surface area contributed by atoms with Crippen molar-refractivity contribution in [2.24, 2.45) is 23.5 Å². The van der Waals surface area contributed by atoms with Crippen molar-refractivity contribution in [3.05, 3.63) is 45.4 Å². The van der Waals surface area contributed by atoms with E-state index in [1.54, 1.807) is 25.1 Å². The number of primary amides is 1. The number of likely N-dealkylation sites (N-methyl/N-ethyl adjacent to an activating group) is 1. The minimum Gasteiger partial charge on any atom is -0.510 e. The number of nitrogens with two attached hydrogens (primary N) is 1. The number of amides is 1. The Balaban J connectivity index is 1.55. The first-order chi connectivity index (χ1) is 17.9. The zero-order valence-corrected chi connectivity index (χ0v) is 21.5. The quantitative estimate of drug-likeness (QED) is 0.293. The van der Waals surface area contributed by atoms with Gasteiger partial charge in [-0.05, 0) is 68.9 Å². The highest BCUT2D eigenvalue weighted by molar-refractivity contribution is 6.24. The van der Waals surface area contributed by atoms with Crippen LogP contribution in [0.3, 0.4) is 0 Å². The lowest BCUT2D eigenvalue weighted by Gasteiger charge is -2.50. The Morgan fingerprint density at radius 3 is 2.61 bits per heavy atom. The van der Waals surface area contributed by atoms with Crippen LogP contribution in [-0.4, -0.2) is 88.7 Å². The number of carbonyl (C=O) groups is 3. The van der Waals surface area contributed by atoms with Crippen LogP contribution in [0.1, 0.15) is 40.4 Å². The first-order valence-corrected chi connectivity index (χ1v) is 12.9. The number of aromatic hydroxyl groups is 1. The second-order valence-corrected chi connectivity index (χ2v) is 11.5. The number of phenols is 1. The normalized spacial score (nSPS) is 34.1. The zero-order chi connectivity index (χ0) is 27.4. The molecular formula is C27H32N4O7. The standard InChI is InChI=1S/C27H32N4O7/c1-30(2)21-14-7-11-6-12-17(15(32)8-13-19-10(4-5-29-19)9-31(3)20(12)13)22(33)16(11)24(35)27(14,38)25(36)18(23(21)34)26(28)37/h8,10-11,14,19,21,29,32,34-35,38H,4-7,9H2,1-3H3,(H2,28,37)/t10?,11-,14-,19?,21-,27+/m1/s1. The van der Waals surface area contributed by atoms with Crippen molar-refractivity contribution in [1.82, 2.24) is 10.2 Å². The summed E-state index contributed by atoms with van der Waals surface area (Å²) in [5, 5.41) is 48.6. The molecule has 2 aliphatic heterocycles. The van der Waals surface area contributed by atoms with E-state index in [0.29, 0.717) is 11.5 Å². The second-order valence-electron chi connectivity index (χ2n) is 11.5.